The Morgan fingerprint density at radius 1 is 1.32 bits per heavy atom. The van der Waals surface area contributed by atoms with Crippen LogP contribution in [0.3, 0.4) is 0 Å². The first-order chi connectivity index (χ1) is 9.20. The third kappa shape index (κ3) is 3.75. The lowest BCUT2D eigenvalue weighted by Crippen LogP contribution is -2.31. The predicted octanol–water partition coefficient (Wildman–Crippen LogP) is 2.32. The Bertz CT molecular complexity index is 481. The third-order valence-corrected chi connectivity index (χ3v) is 4.06. The van der Waals surface area contributed by atoms with Gasteiger partial charge in [0.1, 0.15) is 0 Å². The lowest BCUT2D eigenvalue weighted by molar-refractivity contribution is 0.670. The molecule has 0 radical (unpaired) electrons. The van der Waals surface area contributed by atoms with Crippen molar-refractivity contribution in [3.63, 3.8) is 0 Å². The summed E-state index contributed by atoms with van der Waals surface area (Å²) in [7, 11) is 3.98. The summed E-state index contributed by atoms with van der Waals surface area (Å²) in [6.07, 6.45) is 1.04. The molecule has 0 fully saturated rings. The van der Waals surface area contributed by atoms with Crippen LogP contribution in [-0.2, 0) is 13.0 Å². The molecule has 5 heteroatoms. The fraction of sp³-hybridized carbons (Fsp3) is 0.429. The first-order valence-corrected chi connectivity index (χ1v) is 7.31. The number of rotatable bonds is 6. The first kappa shape index (κ1) is 14.0. The smallest absolute Gasteiger partial charge is 0.151 e. The average Bonchev–Trinajstić information content (AvgIpc) is 2.92. The largest absolute Gasteiger partial charge is 0.355 e. The SMILES string of the molecule is CNCc1ccc(N(C)C(C)Cc2cccs2)nn1. The molecule has 0 aromatic carbocycles. The molecule has 0 amide bonds. The van der Waals surface area contributed by atoms with Crippen LogP contribution >= 0.6 is 11.3 Å². The number of nitrogens with zero attached hydrogens (tertiary/aromatic N) is 3. The Morgan fingerprint density at radius 3 is 2.74 bits per heavy atom. The van der Waals surface area contributed by atoms with E-state index in [9.17, 15) is 0 Å². The number of hydrogen-bond acceptors (Lipinski definition) is 5. The van der Waals surface area contributed by atoms with Crippen LogP contribution in [-0.4, -0.2) is 30.3 Å². The number of thiophene rings is 1. The molecule has 1 atom stereocenters. The summed E-state index contributed by atoms with van der Waals surface area (Å²) in [5.41, 5.74) is 0.963. The van der Waals surface area contributed by atoms with Crippen LogP contribution in [0.2, 0.25) is 0 Å². The van der Waals surface area contributed by atoms with Crippen LogP contribution < -0.4 is 10.2 Å². The van der Waals surface area contributed by atoms with E-state index >= 15 is 0 Å². The quantitative estimate of drug-likeness (QED) is 0.879. The Labute approximate surface area is 118 Å². The molecule has 1 unspecified atom stereocenters. The van der Waals surface area contributed by atoms with Gasteiger partial charge < -0.3 is 10.2 Å². The molecule has 0 bridgehead atoms. The highest BCUT2D eigenvalue weighted by Crippen LogP contribution is 2.17. The third-order valence-electron chi connectivity index (χ3n) is 3.16. The molecule has 0 aliphatic heterocycles. The van der Waals surface area contributed by atoms with Gasteiger partial charge in [-0.25, -0.2) is 0 Å². The van der Waals surface area contributed by atoms with Crippen molar-refractivity contribution in [3.8, 4) is 0 Å². The molecule has 2 rings (SSSR count). The van der Waals surface area contributed by atoms with Crippen LogP contribution in [0.15, 0.2) is 29.6 Å². The van der Waals surface area contributed by atoms with E-state index in [4.69, 9.17) is 0 Å². The summed E-state index contributed by atoms with van der Waals surface area (Å²) < 4.78 is 0. The van der Waals surface area contributed by atoms with Crippen LogP contribution in [0.1, 0.15) is 17.5 Å². The van der Waals surface area contributed by atoms with Crippen molar-refractivity contribution < 1.29 is 0 Å². The topological polar surface area (TPSA) is 41.0 Å². The lowest BCUT2D eigenvalue weighted by Gasteiger charge is -2.25. The van der Waals surface area contributed by atoms with Crippen molar-refractivity contribution in [2.45, 2.75) is 25.9 Å². The molecule has 0 saturated carbocycles. The van der Waals surface area contributed by atoms with Gasteiger partial charge in [-0.1, -0.05) is 6.07 Å². The molecule has 2 aromatic heterocycles. The molecular weight excluding hydrogens is 256 g/mol. The minimum absolute atomic E-state index is 0.406. The Hall–Kier alpha value is -1.46. The standard InChI is InChI=1S/C14H20N4S/c1-11(9-13-5-4-8-19-13)18(3)14-7-6-12(10-15-2)16-17-14/h4-8,11,15H,9-10H2,1-3H3. The molecule has 2 aromatic rings. The minimum Gasteiger partial charge on any atom is -0.355 e. The second-order valence-corrected chi connectivity index (χ2v) is 5.69. The van der Waals surface area contributed by atoms with Crippen LogP contribution in [0.25, 0.3) is 0 Å². The minimum atomic E-state index is 0.406. The maximum absolute atomic E-state index is 4.29. The Balaban J connectivity index is 1.99. The molecular formula is C14H20N4S. The highest BCUT2D eigenvalue weighted by Gasteiger charge is 2.12. The summed E-state index contributed by atoms with van der Waals surface area (Å²) in [4.78, 5) is 3.58. The number of aromatic nitrogens is 2. The van der Waals surface area contributed by atoms with Crippen molar-refractivity contribution in [2.24, 2.45) is 0 Å². The van der Waals surface area contributed by atoms with Gasteiger partial charge in [0, 0.05) is 30.9 Å². The summed E-state index contributed by atoms with van der Waals surface area (Å²) >= 11 is 1.80. The molecule has 0 aliphatic rings. The molecule has 102 valence electrons. The fourth-order valence-corrected chi connectivity index (χ4v) is 2.73. The van der Waals surface area contributed by atoms with Gasteiger partial charge in [-0.2, -0.15) is 5.10 Å². The number of likely N-dealkylation sites (N-methyl/N-ethyl adjacent to an activating group) is 1. The highest BCUT2D eigenvalue weighted by molar-refractivity contribution is 7.09. The lowest BCUT2D eigenvalue weighted by atomic mass is 10.2. The van der Waals surface area contributed by atoms with E-state index in [-0.39, 0.29) is 0 Å². The highest BCUT2D eigenvalue weighted by atomic mass is 32.1. The van der Waals surface area contributed by atoms with Gasteiger partial charge >= 0.3 is 0 Å². The van der Waals surface area contributed by atoms with E-state index in [1.807, 2.05) is 19.2 Å². The van der Waals surface area contributed by atoms with Gasteiger partial charge in [-0.15, -0.1) is 16.4 Å². The van der Waals surface area contributed by atoms with Gasteiger partial charge in [-0.05, 0) is 37.6 Å². The van der Waals surface area contributed by atoms with E-state index < -0.39 is 0 Å². The van der Waals surface area contributed by atoms with E-state index in [1.54, 1.807) is 11.3 Å². The molecule has 0 spiro atoms. The molecule has 4 nitrogen and oxygen atoms in total. The molecule has 0 saturated heterocycles. The predicted molar refractivity (Wildman–Crippen MR) is 80.7 cm³/mol. The summed E-state index contributed by atoms with van der Waals surface area (Å²) in [5.74, 6) is 0.920. The zero-order chi connectivity index (χ0) is 13.7. The maximum Gasteiger partial charge on any atom is 0.151 e. The van der Waals surface area contributed by atoms with E-state index in [0.717, 1.165) is 24.5 Å². The van der Waals surface area contributed by atoms with E-state index in [1.165, 1.54) is 4.88 Å². The molecule has 0 aliphatic carbocycles. The van der Waals surface area contributed by atoms with Crippen LogP contribution in [0.4, 0.5) is 5.82 Å². The number of nitrogens with one attached hydrogen (secondary N) is 1. The summed E-state index contributed by atoms with van der Waals surface area (Å²) in [6, 6.07) is 8.73. The van der Waals surface area contributed by atoms with Crippen molar-refractivity contribution in [1.82, 2.24) is 15.5 Å². The second kappa shape index (κ2) is 6.63. The number of hydrogen-bond donors (Lipinski definition) is 1. The van der Waals surface area contributed by atoms with Crippen molar-refractivity contribution in [2.75, 3.05) is 19.0 Å². The zero-order valence-electron chi connectivity index (χ0n) is 11.6. The molecule has 19 heavy (non-hydrogen) atoms. The summed E-state index contributed by atoms with van der Waals surface area (Å²) in [6.45, 7) is 2.96. The monoisotopic (exact) mass is 276 g/mol. The average molecular weight is 276 g/mol. The van der Waals surface area contributed by atoms with Gasteiger partial charge in [0.2, 0.25) is 0 Å². The fourth-order valence-electron chi connectivity index (χ4n) is 1.90. The van der Waals surface area contributed by atoms with E-state index in [2.05, 4.69) is 51.9 Å². The molecule has 2 heterocycles. The first-order valence-electron chi connectivity index (χ1n) is 6.43. The zero-order valence-corrected chi connectivity index (χ0v) is 12.4. The van der Waals surface area contributed by atoms with Crippen LogP contribution in [0, 0.1) is 0 Å². The molecule has 1 N–H and O–H groups in total. The Kier molecular flexibility index (Phi) is 4.87. The second-order valence-electron chi connectivity index (χ2n) is 4.66. The van der Waals surface area contributed by atoms with Gasteiger partial charge in [0.15, 0.2) is 5.82 Å². The van der Waals surface area contributed by atoms with Crippen molar-refractivity contribution >= 4 is 17.2 Å². The normalized spacial score (nSPS) is 12.4. The maximum atomic E-state index is 4.29. The van der Waals surface area contributed by atoms with Crippen molar-refractivity contribution in [3.05, 3.63) is 40.2 Å². The summed E-state index contributed by atoms with van der Waals surface area (Å²) in [5, 5.41) is 13.7. The Morgan fingerprint density at radius 2 is 2.16 bits per heavy atom. The van der Waals surface area contributed by atoms with Gasteiger partial charge in [0.05, 0.1) is 5.69 Å². The van der Waals surface area contributed by atoms with Gasteiger partial charge in [-0.3, -0.25) is 0 Å². The number of anilines is 1. The van der Waals surface area contributed by atoms with Crippen molar-refractivity contribution in [1.29, 1.82) is 0 Å². The van der Waals surface area contributed by atoms with Crippen LogP contribution in [0.5, 0.6) is 0 Å². The van der Waals surface area contributed by atoms with Gasteiger partial charge in [0.25, 0.3) is 0 Å². The van der Waals surface area contributed by atoms with E-state index in [0.29, 0.717) is 6.04 Å².